The largest absolute Gasteiger partial charge is 0.509 e. The molecule has 6 heterocycles. The van der Waals surface area contributed by atoms with E-state index >= 15 is 0 Å². The Hall–Kier alpha value is -7.40. The molecule has 0 unspecified atom stereocenters. The predicted molar refractivity (Wildman–Crippen MR) is 269 cm³/mol. The maximum Gasteiger partial charge on any atom is 0.135 e. The summed E-state index contributed by atoms with van der Waals surface area (Å²) in [5.41, 5.74) is 7.07. The van der Waals surface area contributed by atoms with Crippen molar-refractivity contribution in [3.63, 3.8) is 0 Å². The molecular weight excluding hydrogens is 1000 g/mol. The van der Waals surface area contributed by atoms with Gasteiger partial charge in [0.2, 0.25) is 0 Å². The molecule has 0 N–H and O–H groups in total. The van der Waals surface area contributed by atoms with Crippen LogP contribution in [0, 0.1) is 38.4 Å². The van der Waals surface area contributed by atoms with Gasteiger partial charge in [0.05, 0.1) is 4.11 Å². The van der Waals surface area contributed by atoms with Crippen molar-refractivity contribution in [2.24, 2.45) is 5.92 Å². The number of para-hydroxylation sites is 2. The zero-order valence-electron chi connectivity index (χ0n) is 47.1. The fourth-order valence-corrected chi connectivity index (χ4v) is 8.97. The van der Waals surface area contributed by atoms with E-state index in [9.17, 15) is 5.48 Å². The summed E-state index contributed by atoms with van der Waals surface area (Å²) in [6, 6.07) is 51.5. The van der Waals surface area contributed by atoms with Crippen molar-refractivity contribution in [3.8, 4) is 62.2 Å². The normalized spacial score (nSPS) is 15.7. The second-order valence-corrected chi connectivity index (χ2v) is 16.6. The van der Waals surface area contributed by atoms with Crippen LogP contribution < -0.4 is 19.3 Å². The molecular formula is C60H45N4O2Pt-3. The van der Waals surface area contributed by atoms with Crippen molar-refractivity contribution in [3.05, 3.63) is 211 Å². The third-order valence-corrected chi connectivity index (χ3v) is 11.8. The molecule has 7 heteroatoms. The molecule has 6 nitrogen and oxygen atoms in total. The zero-order valence-corrected chi connectivity index (χ0v) is 38.4. The third kappa shape index (κ3) is 7.65. The van der Waals surface area contributed by atoms with Crippen LogP contribution in [-0.4, -0.2) is 9.55 Å². The standard InChI is InChI=1S/C60H45N4O2.Pt/c1-38(2)28-41-31-51(42-12-6-5-7-13-42)60-52(32-41)43-21-23-46(24-22-43)65-47-16-10-14-44(33-47)54-36-61-59(30-40(54)4)64-55-27-20-39(3)29-53(55)50-26-25-49(35-58(50)64)66-48-17-11-15-45(34-48)62-37-63(60)57-19-9-8-18-56(57)62;/h5-27,29-33,36-38H,28H2,1-4H3;/q-3;/i3D3,4D3,20D,27D,28D2,29D;. The first-order chi connectivity index (χ1) is 36.8. The van der Waals surface area contributed by atoms with Crippen LogP contribution in [0.4, 0.5) is 22.7 Å². The topological polar surface area (TPSA) is 42.8 Å². The summed E-state index contributed by atoms with van der Waals surface area (Å²) in [6.45, 7) is 0.127. The molecule has 2 aromatic heterocycles. The van der Waals surface area contributed by atoms with Crippen LogP contribution >= 0.6 is 0 Å². The van der Waals surface area contributed by atoms with Gasteiger partial charge in [0.15, 0.2) is 0 Å². The van der Waals surface area contributed by atoms with E-state index in [4.69, 9.17) is 24.1 Å². The maximum absolute atomic E-state index is 9.41. The minimum atomic E-state index is -2.90. The monoisotopic (exact) mass is 1060 g/mol. The summed E-state index contributed by atoms with van der Waals surface area (Å²) in [5.74, 6) is 1.01. The molecule has 8 aromatic carbocycles. The fourth-order valence-electron chi connectivity index (χ4n) is 8.97. The van der Waals surface area contributed by atoms with Crippen LogP contribution in [-0.2, 0) is 27.4 Å². The average Bonchev–Trinajstić information content (AvgIpc) is 3.91. The van der Waals surface area contributed by atoms with Crippen molar-refractivity contribution in [1.82, 2.24) is 9.55 Å². The molecule has 0 spiro atoms. The van der Waals surface area contributed by atoms with E-state index in [1.807, 2.05) is 129 Å². The van der Waals surface area contributed by atoms with Crippen molar-refractivity contribution in [2.75, 3.05) is 9.80 Å². The molecule has 330 valence electrons. The van der Waals surface area contributed by atoms with E-state index in [-0.39, 0.29) is 66.1 Å². The fraction of sp³-hybridized carbons (Fsp3) is 0.100. The van der Waals surface area contributed by atoms with Gasteiger partial charge < -0.3 is 23.8 Å². The molecule has 4 aliphatic rings. The molecule has 12 bridgehead atoms. The van der Waals surface area contributed by atoms with Gasteiger partial charge in [-0.15, -0.1) is 48.1 Å². The summed E-state index contributed by atoms with van der Waals surface area (Å²) in [6.07, 6.45) is -0.296. The number of fused-ring (bicyclic) bond motifs is 5. The Morgan fingerprint density at radius 2 is 1.42 bits per heavy atom. The minimum Gasteiger partial charge on any atom is -0.509 e. The van der Waals surface area contributed by atoms with E-state index in [2.05, 4.69) is 17.0 Å². The van der Waals surface area contributed by atoms with Gasteiger partial charge in [-0.2, -0.15) is 12.1 Å². The van der Waals surface area contributed by atoms with E-state index < -0.39 is 43.8 Å². The average molecular weight is 1060 g/mol. The first-order valence-electron chi connectivity index (χ1n) is 27.1. The number of hydrogen-bond acceptors (Lipinski definition) is 5. The smallest absolute Gasteiger partial charge is 0.135 e. The number of anilines is 4. The van der Waals surface area contributed by atoms with E-state index in [1.54, 1.807) is 42.5 Å². The molecule has 14 rings (SSSR count). The van der Waals surface area contributed by atoms with Crippen LogP contribution in [0.1, 0.15) is 45.6 Å². The van der Waals surface area contributed by atoms with Crippen LogP contribution in [0.3, 0.4) is 0 Å². The zero-order chi connectivity index (χ0) is 53.9. The van der Waals surface area contributed by atoms with Crippen LogP contribution in [0.15, 0.2) is 176 Å². The molecule has 10 aromatic rings. The van der Waals surface area contributed by atoms with Gasteiger partial charge in [-0.05, 0) is 120 Å². The number of nitrogens with zero attached hydrogens (tertiary/aromatic N) is 4. The second kappa shape index (κ2) is 17.1. The van der Waals surface area contributed by atoms with Gasteiger partial charge in [-0.1, -0.05) is 104 Å². The molecule has 0 radical (unpaired) electrons. The quantitative estimate of drug-likeness (QED) is 0.165. The summed E-state index contributed by atoms with van der Waals surface area (Å²) in [7, 11) is 0. The maximum atomic E-state index is 9.41. The van der Waals surface area contributed by atoms with Crippen LogP contribution in [0.2, 0.25) is 0 Å². The number of aryl methyl sites for hydroxylation is 1. The SMILES string of the molecule is [2H]c1c(C([2H])([2H])[2H])c([2H])c2c3ccc4[c-]c3n(c2c1[2H])-c1cc(C([2H])([2H])[2H])c(cn1)-c1cccc(c1)Oc1ccc(cc1)-c1cc(C([2H])([2H])C(C)C)cc(-c2ccccc2)c1N1[CH-]N(c2[c-]c(ccc2)O4)c2ccccc21.[Pt]. The first kappa shape index (κ1) is 31.5. The molecule has 0 fully saturated rings. The van der Waals surface area contributed by atoms with E-state index in [0.29, 0.717) is 39.4 Å². The Labute approximate surface area is 421 Å². The van der Waals surface area contributed by atoms with Crippen molar-refractivity contribution >= 4 is 44.6 Å². The molecule has 67 heavy (non-hydrogen) atoms. The number of rotatable bonds is 3. The third-order valence-electron chi connectivity index (χ3n) is 11.8. The van der Waals surface area contributed by atoms with Crippen molar-refractivity contribution < 1.29 is 45.6 Å². The second-order valence-electron chi connectivity index (χ2n) is 16.6. The first-order valence-corrected chi connectivity index (χ1v) is 21.6. The minimum absolute atomic E-state index is 0. The molecule has 0 amide bonds. The van der Waals surface area contributed by atoms with Crippen molar-refractivity contribution in [1.29, 1.82) is 0 Å². The van der Waals surface area contributed by atoms with Gasteiger partial charge in [0.1, 0.15) is 17.3 Å². The summed E-state index contributed by atoms with van der Waals surface area (Å²) >= 11 is 0. The van der Waals surface area contributed by atoms with Crippen LogP contribution in [0.25, 0.3) is 61.0 Å². The van der Waals surface area contributed by atoms with Gasteiger partial charge in [0, 0.05) is 89.0 Å². The molecule has 0 atom stereocenters. The Balaban J connectivity index is 0.00000645. The Morgan fingerprint density at radius 1 is 0.672 bits per heavy atom. The summed E-state index contributed by atoms with van der Waals surface area (Å²) in [4.78, 5) is 8.92. The molecule has 0 saturated heterocycles. The number of hydrogen-bond donors (Lipinski definition) is 0. The Kier molecular flexibility index (Phi) is 8.04. The van der Waals surface area contributed by atoms with E-state index in [0.717, 1.165) is 39.3 Å². The Bertz CT molecular complexity index is 4010. The van der Waals surface area contributed by atoms with E-state index in [1.165, 1.54) is 16.8 Å². The number of aromatic nitrogens is 2. The van der Waals surface area contributed by atoms with Crippen LogP contribution in [0.5, 0.6) is 23.0 Å². The van der Waals surface area contributed by atoms with Crippen molar-refractivity contribution in [2.45, 2.75) is 33.9 Å². The number of ether oxygens (including phenoxy) is 2. The predicted octanol–water partition coefficient (Wildman–Crippen LogP) is 15.9. The Morgan fingerprint density at radius 3 is 2.21 bits per heavy atom. The molecule has 4 aliphatic heterocycles. The number of pyridine rings is 1. The number of benzene rings is 8. The summed E-state index contributed by atoms with van der Waals surface area (Å²) < 4.78 is 112. The molecule has 0 saturated carbocycles. The van der Waals surface area contributed by atoms with Gasteiger partial charge in [0.25, 0.3) is 0 Å². The van der Waals surface area contributed by atoms with Gasteiger partial charge in [-0.3, -0.25) is 0 Å². The van der Waals surface area contributed by atoms with Gasteiger partial charge in [-0.25, -0.2) is 4.98 Å². The summed E-state index contributed by atoms with van der Waals surface area (Å²) in [5, 5.41) is 0.354. The molecule has 0 aliphatic carbocycles. The van der Waals surface area contributed by atoms with Gasteiger partial charge >= 0.3 is 0 Å².